The summed E-state index contributed by atoms with van der Waals surface area (Å²) in [6.07, 6.45) is 3.62. The standard InChI is InChI=1S/C11H15NO3S/c1-8-3-4-9(12-16(2,13)14)7-11(8)15-10-5-6-10/h3-4,7,10,12H,5-6H2,1-2H3. The molecule has 0 unspecified atom stereocenters. The molecule has 1 N–H and O–H groups in total. The van der Waals surface area contributed by atoms with Gasteiger partial charge in [0, 0.05) is 6.07 Å². The fraction of sp³-hybridized carbons (Fsp3) is 0.455. The smallest absolute Gasteiger partial charge is 0.229 e. The van der Waals surface area contributed by atoms with Gasteiger partial charge in [-0.15, -0.1) is 0 Å². The van der Waals surface area contributed by atoms with Gasteiger partial charge in [-0.25, -0.2) is 8.42 Å². The molecule has 5 heteroatoms. The van der Waals surface area contributed by atoms with Crippen molar-refractivity contribution in [1.29, 1.82) is 0 Å². The van der Waals surface area contributed by atoms with Crippen molar-refractivity contribution in [1.82, 2.24) is 0 Å². The summed E-state index contributed by atoms with van der Waals surface area (Å²) in [4.78, 5) is 0. The predicted molar refractivity (Wildman–Crippen MR) is 63.3 cm³/mol. The molecule has 1 aromatic rings. The Kier molecular flexibility index (Phi) is 2.80. The van der Waals surface area contributed by atoms with E-state index >= 15 is 0 Å². The Morgan fingerprint density at radius 3 is 2.62 bits per heavy atom. The van der Waals surface area contributed by atoms with Gasteiger partial charge in [0.15, 0.2) is 0 Å². The minimum atomic E-state index is -3.23. The van der Waals surface area contributed by atoms with Crippen LogP contribution < -0.4 is 9.46 Å². The average molecular weight is 241 g/mol. The van der Waals surface area contributed by atoms with Crippen LogP contribution in [-0.4, -0.2) is 20.8 Å². The van der Waals surface area contributed by atoms with Crippen molar-refractivity contribution >= 4 is 15.7 Å². The summed E-state index contributed by atoms with van der Waals surface area (Å²) in [7, 11) is -3.23. The van der Waals surface area contributed by atoms with E-state index in [1.807, 2.05) is 13.0 Å². The summed E-state index contributed by atoms with van der Waals surface area (Å²) in [5, 5.41) is 0. The van der Waals surface area contributed by atoms with Crippen molar-refractivity contribution < 1.29 is 13.2 Å². The molecule has 0 amide bonds. The number of hydrogen-bond donors (Lipinski definition) is 1. The van der Waals surface area contributed by atoms with Crippen LogP contribution in [0, 0.1) is 6.92 Å². The Balaban J connectivity index is 2.20. The molecule has 1 aromatic carbocycles. The van der Waals surface area contributed by atoms with E-state index in [2.05, 4.69) is 4.72 Å². The highest BCUT2D eigenvalue weighted by Gasteiger charge is 2.24. The van der Waals surface area contributed by atoms with Crippen molar-refractivity contribution in [2.24, 2.45) is 0 Å². The molecule has 0 atom stereocenters. The van der Waals surface area contributed by atoms with Gasteiger partial charge in [0.05, 0.1) is 18.0 Å². The second-order valence-corrected chi connectivity index (χ2v) is 5.92. The van der Waals surface area contributed by atoms with Crippen LogP contribution in [0.15, 0.2) is 18.2 Å². The highest BCUT2D eigenvalue weighted by atomic mass is 32.2. The SMILES string of the molecule is Cc1ccc(NS(C)(=O)=O)cc1OC1CC1. The first kappa shape index (κ1) is 11.3. The number of hydrogen-bond acceptors (Lipinski definition) is 3. The maximum atomic E-state index is 11.1. The van der Waals surface area contributed by atoms with Crippen molar-refractivity contribution in [2.75, 3.05) is 11.0 Å². The van der Waals surface area contributed by atoms with Gasteiger partial charge >= 0.3 is 0 Å². The summed E-state index contributed by atoms with van der Waals surface area (Å²) >= 11 is 0. The van der Waals surface area contributed by atoms with Crippen LogP contribution >= 0.6 is 0 Å². The number of sulfonamides is 1. The Morgan fingerprint density at radius 2 is 2.06 bits per heavy atom. The van der Waals surface area contributed by atoms with Gasteiger partial charge in [-0.3, -0.25) is 4.72 Å². The molecule has 0 heterocycles. The lowest BCUT2D eigenvalue weighted by atomic mass is 10.2. The van der Waals surface area contributed by atoms with E-state index in [1.54, 1.807) is 12.1 Å². The van der Waals surface area contributed by atoms with E-state index < -0.39 is 10.0 Å². The lowest BCUT2D eigenvalue weighted by Crippen LogP contribution is -2.09. The number of aryl methyl sites for hydroxylation is 1. The van der Waals surface area contributed by atoms with Crippen molar-refractivity contribution in [3.63, 3.8) is 0 Å². The molecule has 0 saturated heterocycles. The molecule has 4 nitrogen and oxygen atoms in total. The number of anilines is 1. The van der Waals surface area contributed by atoms with E-state index in [0.717, 1.165) is 30.4 Å². The highest BCUT2D eigenvalue weighted by Crippen LogP contribution is 2.30. The number of nitrogens with one attached hydrogen (secondary N) is 1. The topological polar surface area (TPSA) is 55.4 Å². The van der Waals surface area contributed by atoms with Gasteiger partial charge in [0.25, 0.3) is 0 Å². The van der Waals surface area contributed by atoms with Crippen LogP contribution in [0.3, 0.4) is 0 Å². The van der Waals surface area contributed by atoms with Crippen LogP contribution in [0.1, 0.15) is 18.4 Å². The maximum Gasteiger partial charge on any atom is 0.229 e. The molecule has 0 aliphatic heterocycles. The summed E-state index contributed by atoms with van der Waals surface area (Å²) in [5.41, 5.74) is 1.56. The van der Waals surface area contributed by atoms with E-state index in [1.165, 1.54) is 0 Å². The monoisotopic (exact) mass is 241 g/mol. The largest absolute Gasteiger partial charge is 0.490 e. The molecule has 0 aromatic heterocycles. The molecule has 2 rings (SSSR count). The van der Waals surface area contributed by atoms with E-state index in [-0.39, 0.29) is 0 Å². The first-order valence-corrected chi connectivity index (χ1v) is 7.08. The zero-order chi connectivity index (χ0) is 11.8. The summed E-state index contributed by atoms with van der Waals surface area (Å²) in [6, 6.07) is 5.32. The molecule has 88 valence electrons. The zero-order valence-corrected chi connectivity index (χ0v) is 10.2. The molecule has 0 spiro atoms. The number of rotatable bonds is 4. The van der Waals surface area contributed by atoms with E-state index in [4.69, 9.17) is 4.74 Å². The van der Waals surface area contributed by atoms with Crippen LogP contribution in [0.2, 0.25) is 0 Å². The second-order valence-electron chi connectivity index (χ2n) is 4.17. The van der Waals surface area contributed by atoms with E-state index in [9.17, 15) is 8.42 Å². The number of ether oxygens (including phenoxy) is 1. The molecule has 1 saturated carbocycles. The number of benzene rings is 1. The third kappa shape index (κ3) is 3.13. The van der Waals surface area contributed by atoms with Crippen LogP contribution in [0.4, 0.5) is 5.69 Å². The summed E-state index contributed by atoms with van der Waals surface area (Å²) < 4.78 is 30.3. The zero-order valence-electron chi connectivity index (χ0n) is 9.36. The van der Waals surface area contributed by atoms with Crippen molar-refractivity contribution in [3.8, 4) is 5.75 Å². The molecule has 0 bridgehead atoms. The summed E-state index contributed by atoms with van der Waals surface area (Å²) in [5.74, 6) is 0.760. The van der Waals surface area contributed by atoms with Crippen molar-refractivity contribution in [2.45, 2.75) is 25.9 Å². The third-order valence-corrected chi connectivity index (χ3v) is 2.92. The molecule has 1 aliphatic rings. The maximum absolute atomic E-state index is 11.1. The van der Waals surface area contributed by atoms with Crippen LogP contribution in [0.25, 0.3) is 0 Å². The Labute approximate surface area is 95.7 Å². The second kappa shape index (κ2) is 3.97. The molecule has 0 radical (unpaired) electrons. The Hall–Kier alpha value is -1.23. The minimum absolute atomic E-state index is 0.312. The molecular weight excluding hydrogens is 226 g/mol. The normalized spacial score (nSPS) is 15.9. The lowest BCUT2D eigenvalue weighted by Gasteiger charge is -2.10. The van der Waals surface area contributed by atoms with Gasteiger partial charge in [-0.05, 0) is 31.4 Å². The average Bonchev–Trinajstić information content (AvgIpc) is 2.92. The Bertz CT molecular complexity index is 492. The fourth-order valence-corrected chi connectivity index (χ4v) is 1.93. The van der Waals surface area contributed by atoms with Gasteiger partial charge in [-0.2, -0.15) is 0 Å². The molecule has 16 heavy (non-hydrogen) atoms. The van der Waals surface area contributed by atoms with E-state index in [0.29, 0.717) is 11.8 Å². The molecule has 1 fully saturated rings. The Morgan fingerprint density at radius 1 is 1.38 bits per heavy atom. The van der Waals surface area contributed by atoms with Gasteiger partial charge in [0.2, 0.25) is 10.0 Å². The first-order valence-electron chi connectivity index (χ1n) is 5.19. The van der Waals surface area contributed by atoms with Gasteiger partial charge in [0.1, 0.15) is 5.75 Å². The summed E-state index contributed by atoms with van der Waals surface area (Å²) in [6.45, 7) is 1.95. The van der Waals surface area contributed by atoms with Crippen LogP contribution in [-0.2, 0) is 10.0 Å². The molecular formula is C11H15NO3S. The highest BCUT2D eigenvalue weighted by molar-refractivity contribution is 7.92. The predicted octanol–water partition coefficient (Wildman–Crippen LogP) is 1.91. The van der Waals surface area contributed by atoms with Gasteiger partial charge < -0.3 is 4.74 Å². The quantitative estimate of drug-likeness (QED) is 0.876. The lowest BCUT2D eigenvalue weighted by molar-refractivity contribution is 0.301. The third-order valence-electron chi connectivity index (χ3n) is 2.31. The van der Waals surface area contributed by atoms with Gasteiger partial charge in [-0.1, -0.05) is 6.07 Å². The van der Waals surface area contributed by atoms with Crippen LogP contribution in [0.5, 0.6) is 5.75 Å². The molecule has 1 aliphatic carbocycles. The fourth-order valence-electron chi connectivity index (χ4n) is 1.37. The first-order chi connectivity index (χ1) is 7.44. The van der Waals surface area contributed by atoms with Crippen molar-refractivity contribution in [3.05, 3.63) is 23.8 Å². The minimum Gasteiger partial charge on any atom is -0.490 e.